The van der Waals surface area contributed by atoms with Gasteiger partial charge in [-0.25, -0.2) is 0 Å². The van der Waals surface area contributed by atoms with Gasteiger partial charge in [0.25, 0.3) is 5.91 Å². The number of fused-ring (bicyclic) bond motifs is 1. The van der Waals surface area contributed by atoms with Gasteiger partial charge in [0.2, 0.25) is 0 Å². The van der Waals surface area contributed by atoms with E-state index in [4.69, 9.17) is 4.74 Å². The first-order chi connectivity index (χ1) is 12.3. The van der Waals surface area contributed by atoms with E-state index in [1.165, 1.54) is 12.1 Å². The fourth-order valence-corrected chi connectivity index (χ4v) is 2.98. The van der Waals surface area contributed by atoms with Gasteiger partial charge in [-0.05, 0) is 30.7 Å². The molecule has 0 saturated heterocycles. The Morgan fingerprint density at radius 2 is 2.08 bits per heavy atom. The maximum Gasteiger partial charge on any atom is 0.416 e. The van der Waals surface area contributed by atoms with Gasteiger partial charge in [0.05, 0.1) is 24.6 Å². The summed E-state index contributed by atoms with van der Waals surface area (Å²) in [4.78, 5) is 23.8. The quantitative estimate of drug-likeness (QED) is 0.844. The van der Waals surface area contributed by atoms with Crippen LogP contribution < -0.4 is 5.32 Å². The number of esters is 1. The second kappa shape index (κ2) is 6.86. The molecule has 26 heavy (non-hydrogen) atoms. The molecule has 1 aliphatic rings. The Morgan fingerprint density at radius 3 is 2.77 bits per heavy atom. The third kappa shape index (κ3) is 3.58. The van der Waals surface area contributed by atoms with Crippen LogP contribution in [0.3, 0.4) is 0 Å². The highest BCUT2D eigenvalue weighted by Crippen LogP contribution is 2.34. The molecule has 1 aromatic carbocycles. The molecule has 3 rings (SSSR count). The van der Waals surface area contributed by atoms with E-state index in [0.29, 0.717) is 16.8 Å². The Balaban J connectivity index is 1.95. The van der Waals surface area contributed by atoms with Crippen LogP contribution >= 0.6 is 0 Å². The summed E-state index contributed by atoms with van der Waals surface area (Å²) < 4.78 is 45.4. The second-order valence-electron chi connectivity index (χ2n) is 5.97. The van der Waals surface area contributed by atoms with E-state index in [9.17, 15) is 22.8 Å². The lowest BCUT2D eigenvalue weighted by Gasteiger charge is -2.25. The van der Waals surface area contributed by atoms with Crippen molar-refractivity contribution in [2.75, 3.05) is 13.2 Å². The maximum atomic E-state index is 12.9. The summed E-state index contributed by atoms with van der Waals surface area (Å²) in [6, 6.07) is 6.10. The molecule has 5 nitrogen and oxygen atoms in total. The van der Waals surface area contributed by atoms with E-state index in [1.807, 2.05) is 0 Å². The number of benzene rings is 1. The van der Waals surface area contributed by atoms with E-state index < -0.39 is 17.7 Å². The summed E-state index contributed by atoms with van der Waals surface area (Å²) in [5.41, 5.74) is 0.381. The van der Waals surface area contributed by atoms with E-state index in [-0.39, 0.29) is 31.5 Å². The number of halogens is 3. The number of rotatable bonds is 4. The van der Waals surface area contributed by atoms with E-state index in [0.717, 1.165) is 12.1 Å². The number of hydrogen-bond acceptors (Lipinski definition) is 3. The standard InChI is InChI=1S/C18H17F3N2O3/c1-2-26-16(24)8-14-9-22-17(25)15-7-12(10-23(14)15)11-4-3-5-13(6-11)18(19,20)21/h3-7,10,14H,2,8-9H2,1H3,(H,22,25). The number of nitrogens with zero attached hydrogens (tertiary/aromatic N) is 1. The number of amides is 1. The van der Waals surface area contributed by atoms with Crippen molar-refractivity contribution >= 4 is 11.9 Å². The molecule has 0 saturated carbocycles. The third-order valence-corrected chi connectivity index (χ3v) is 4.20. The van der Waals surface area contributed by atoms with Gasteiger partial charge < -0.3 is 14.6 Å². The third-order valence-electron chi connectivity index (χ3n) is 4.20. The summed E-state index contributed by atoms with van der Waals surface area (Å²) in [7, 11) is 0. The second-order valence-corrected chi connectivity index (χ2v) is 5.97. The molecule has 2 heterocycles. The Morgan fingerprint density at radius 1 is 1.31 bits per heavy atom. The van der Waals surface area contributed by atoms with E-state index >= 15 is 0 Å². The molecule has 0 spiro atoms. The molecule has 2 aromatic rings. The number of aromatic nitrogens is 1. The molecule has 1 amide bonds. The van der Waals surface area contributed by atoms with Crippen molar-refractivity contribution in [3.05, 3.63) is 47.8 Å². The van der Waals surface area contributed by atoms with Gasteiger partial charge in [-0.15, -0.1) is 0 Å². The number of alkyl halides is 3. The molecular weight excluding hydrogens is 349 g/mol. The van der Waals surface area contributed by atoms with Crippen LogP contribution in [0.2, 0.25) is 0 Å². The fourth-order valence-electron chi connectivity index (χ4n) is 2.98. The lowest BCUT2D eigenvalue weighted by molar-refractivity contribution is -0.144. The van der Waals surface area contributed by atoms with Gasteiger partial charge in [-0.3, -0.25) is 9.59 Å². The van der Waals surface area contributed by atoms with Crippen molar-refractivity contribution < 1.29 is 27.5 Å². The number of ether oxygens (including phenoxy) is 1. The number of carbonyl (C=O) groups is 2. The number of carbonyl (C=O) groups excluding carboxylic acids is 2. The summed E-state index contributed by atoms with van der Waals surface area (Å²) in [6.07, 6.45) is -2.77. The lowest BCUT2D eigenvalue weighted by Crippen LogP contribution is -2.39. The fraction of sp³-hybridized carbons (Fsp3) is 0.333. The molecule has 1 N–H and O–H groups in total. The molecule has 0 aliphatic carbocycles. The molecule has 8 heteroatoms. The van der Waals surface area contributed by atoms with Gasteiger partial charge in [0, 0.05) is 18.3 Å². The van der Waals surface area contributed by atoms with Crippen molar-refractivity contribution in [3.63, 3.8) is 0 Å². The van der Waals surface area contributed by atoms with Gasteiger partial charge >= 0.3 is 12.1 Å². The first-order valence-corrected chi connectivity index (χ1v) is 8.13. The molecule has 0 radical (unpaired) electrons. The largest absolute Gasteiger partial charge is 0.466 e. The van der Waals surface area contributed by atoms with Crippen molar-refractivity contribution in [1.29, 1.82) is 0 Å². The zero-order valence-corrected chi connectivity index (χ0v) is 14.0. The first kappa shape index (κ1) is 18.0. The van der Waals surface area contributed by atoms with Crippen molar-refractivity contribution in [2.45, 2.75) is 25.6 Å². The summed E-state index contributed by atoms with van der Waals surface area (Å²) >= 11 is 0. The van der Waals surface area contributed by atoms with Crippen LogP contribution in [-0.2, 0) is 15.7 Å². The Bertz CT molecular complexity index is 842. The highest BCUT2D eigenvalue weighted by molar-refractivity contribution is 5.95. The molecule has 1 aromatic heterocycles. The normalized spacial score (nSPS) is 16.8. The van der Waals surface area contributed by atoms with Crippen LogP contribution in [-0.4, -0.2) is 29.6 Å². The van der Waals surface area contributed by atoms with Crippen LogP contribution in [0.25, 0.3) is 11.1 Å². The predicted molar refractivity (Wildman–Crippen MR) is 87.5 cm³/mol. The molecule has 0 bridgehead atoms. The first-order valence-electron chi connectivity index (χ1n) is 8.13. The van der Waals surface area contributed by atoms with Gasteiger partial charge in [-0.2, -0.15) is 13.2 Å². The minimum absolute atomic E-state index is 0.0673. The highest BCUT2D eigenvalue weighted by Gasteiger charge is 2.31. The van der Waals surface area contributed by atoms with E-state index in [2.05, 4.69) is 5.32 Å². The van der Waals surface area contributed by atoms with Crippen LogP contribution in [0.4, 0.5) is 13.2 Å². The van der Waals surface area contributed by atoms with Crippen LogP contribution in [0.1, 0.15) is 35.4 Å². The average molecular weight is 366 g/mol. The molecule has 138 valence electrons. The monoisotopic (exact) mass is 366 g/mol. The molecule has 1 aliphatic heterocycles. The highest BCUT2D eigenvalue weighted by atomic mass is 19.4. The van der Waals surface area contributed by atoms with Gasteiger partial charge in [0.15, 0.2) is 0 Å². The minimum Gasteiger partial charge on any atom is -0.466 e. The zero-order valence-electron chi connectivity index (χ0n) is 14.0. The topological polar surface area (TPSA) is 60.3 Å². The number of hydrogen-bond donors (Lipinski definition) is 1. The Kier molecular flexibility index (Phi) is 4.76. The van der Waals surface area contributed by atoms with Crippen LogP contribution in [0, 0.1) is 0 Å². The summed E-state index contributed by atoms with van der Waals surface area (Å²) in [6.45, 7) is 2.21. The molecule has 1 atom stereocenters. The van der Waals surface area contributed by atoms with Crippen LogP contribution in [0.15, 0.2) is 36.5 Å². The number of nitrogens with one attached hydrogen (secondary N) is 1. The maximum absolute atomic E-state index is 12.9. The predicted octanol–water partition coefficient (Wildman–Crippen LogP) is 3.41. The Labute approximate surface area is 147 Å². The summed E-state index contributed by atoms with van der Waals surface area (Å²) in [5.74, 6) is -0.725. The SMILES string of the molecule is CCOC(=O)CC1CNC(=O)c2cc(-c3cccc(C(F)(F)F)c3)cn21. The smallest absolute Gasteiger partial charge is 0.416 e. The zero-order chi connectivity index (χ0) is 18.9. The van der Waals surface area contributed by atoms with E-state index in [1.54, 1.807) is 23.8 Å². The molecular formula is C18H17F3N2O3. The van der Waals surface area contributed by atoms with Crippen molar-refractivity contribution in [2.24, 2.45) is 0 Å². The van der Waals surface area contributed by atoms with Gasteiger partial charge in [0.1, 0.15) is 5.69 Å². The van der Waals surface area contributed by atoms with Crippen LogP contribution in [0.5, 0.6) is 0 Å². The van der Waals surface area contributed by atoms with Gasteiger partial charge in [-0.1, -0.05) is 12.1 Å². The lowest BCUT2D eigenvalue weighted by atomic mass is 10.1. The average Bonchev–Trinajstić information content (AvgIpc) is 3.04. The van der Waals surface area contributed by atoms with Crippen molar-refractivity contribution in [1.82, 2.24) is 9.88 Å². The molecule has 1 unspecified atom stereocenters. The summed E-state index contributed by atoms with van der Waals surface area (Å²) in [5, 5.41) is 2.69. The molecule has 0 fully saturated rings. The minimum atomic E-state index is -4.45. The van der Waals surface area contributed by atoms with Crippen molar-refractivity contribution in [3.8, 4) is 11.1 Å². The Hall–Kier alpha value is -2.77.